The second kappa shape index (κ2) is 11.6. The average molecular weight is 449 g/mol. The van der Waals surface area contributed by atoms with E-state index in [4.69, 9.17) is 9.16 Å². The molecule has 0 spiro atoms. The molecule has 1 heterocycles. The molecule has 0 radical (unpaired) electrons. The van der Waals surface area contributed by atoms with Crippen LogP contribution in [0.2, 0.25) is 18.1 Å². The minimum Gasteiger partial charge on any atom is -0.462 e. The molecule has 0 aromatic carbocycles. The highest BCUT2D eigenvalue weighted by Gasteiger charge is 2.48. The Bertz CT molecular complexity index is 659. The SMILES string of the molecule is CCCCCC(=O)/C=C/[C@@H]1[C@H]2C/C=C\CCCC(=O)O[C@H]2C[C@H]1O[Si](C)(C)C(C)(C)C. The number of allylic oxidation sites excluding steroid dienone is 3. The molecule has 1 fully saturated rings. The van der Waals surface area contributed by atoms with E-state index in [-0.39, 0.29) is 40.8 Å². The molecule has 0 N–H and O–H groups in total. The molecule has 0 aromatic heterocycles. The van der Waals surface area contributed by atoms with Crippen LogP contribution in [0.25, 0.3) is 0 Å². The van der Waals surface area contributed by atoms with Crippen molar-refractivity contribution in [2.75, 3.05) is 0 Å². The predicted octanol–water partition coefficient (Wildman–Crippen LogP) is 6.76. The number of rotatable bonds is 8. The average Bonchev–Trinajstić information content (AvgIpc) is 2.97. The molecule has 2 aliphatic rings. The van der Waals surface area contributed by atoms with Gasteiger partial charge in [0.2, 0.25) is 0 Å². The summed E-state index contributed by atoms with van der Waals surface area (Å²) in [6, 6.07) is 0. The lowest BCUT2D eigenvalue weighted by atomic mass is 9.89. The molecule has 2 rings (SSSR count). The van der Waals surface area contributed by atoms with Gasteiger partial charge >= 0.3 is 5.97 Å². The summed E-state index contributed by atoms with van der Waals surface area (Å²) in [6.45, 7) is 13.4. The van der Waals surface area contributed by atoms with Crippen LogP contribution in [0.3, 0.4) is 0 Å². The molecule has 4 nitrogen and oxygen atoms in total. The van der Waals surface area contributed by atoms with Crippen molar-refractivity contribution >= 4 is 20.1 Å². The third-order valence-corrected chi connectivity index (χ3v) is 11.8. The smallest absolute Gasteiger partial charge is 0.306 e. The molecule has 4 atom stereocenters. The number of hydrogen-bond donors (Lipinski definition) is 0. The maximum absolute atomic E-state index is 12.4. The monoisotopic (exact) mass is 448 g/mol. The third-order valence-electron chi connectivity index (χ3n) is 7.26. The Balaban J connectivity index is 2.26. The van der Waals surface area contributed by atoms with Crippen LogP contribution < -0.4 is 0 Å². The maximum atomic E-state index is 12.4. The summed E-state index contributed by atoms with van der Waals surface area (Å²) in [5.41, 5.74) is 0. The van der Waals surface area contributed by atoms with Gasteiger partial charge in [0, 0.05) is 31.1 Å². The highest BCUT2D eigenvalue weighted by atomic mass is 28.4. The quantitative estimate of drug-likeness (QED) is 0.135. The van der Waals surface area contributed by atoms with Crippen molar-refractivity contribution in [2.24, 2.45) is 11.8 Å². The fourth-order valence-corrected chi connectivity index (χ4v) is 5.66. The van der Waals surface area contributed by atoms with E-state index in [1.165, 1.54) is 0 Å². The van der Waals surface area contributed by atoms with Gasteiger partial charge in [-0.1, -0.05) is 58.8 Å². The lowest BCUT2D eigenvalue weighted by molar-refractivity contribution is -0.151. The zero-order valence-electron chi connectivity index (χ0n) is 20.6. The van der Waals surface area contributed by atoms with Gasteiger partial charge in [0.05, 0.1) is 6.10 Å². The van der Waals surface area contributed by atoms with Crippen molar-refractivity contribution < 1.29 is 18.8 Å². The Morgan fingerprint density at radius 2 is 2.00 bits per heavy atom. The molecule has 5 heteroatoms. The third kappa shape index (κ3) is 7.71. The van der Waals surface area contributed by atoms with Crippen molar-refractivity contribution in [3.63, 3.8) is 0 Å². The summed E-state index contributed by atoms with van der Waals surface area (Å²) in [4.78, 5) is 24.8. The van der Waals surface area contributed by atoms with E-state index in [0.717, 1.165) is 44.9 Å². The van der Waals surface area contributed by atoms with Gasteiger partial charge in [0.1, 0.15) is 6.10 Å². The highest BCUT2D eigenvalue weighted by molar-refractivity contribution is 6.74. The molecule has 0 amide bonds. The van der Waals surface area contributed by atoms with Crippen LogP contribution in [0, 0.1) is 11.8 Å². The summed E-state index contributed by atoms with van der Waals surface area (Å²) in [7, 11) is -2.00. The predicted molar refractivity (Wildman–Crippen MR) is 129 cm³/mol. The first-order valence-corrected chi connectivity index (χ1v) is 15.2. The van der Waals surface area contributed by atoms with Crippen LogP contribution in [0.5, 0.6) is 0 Å². The molecule has 0 saturated heterocycles. The first kappa shape index (κ1) is 26.1. The maximum Gasteiger partial charge on any atom is 0.306 e. The second-order valence-corrected chi connectivity index (χ2v) is 15.6. The van der Waals surface area contributed by atoms with Gasteiger partial charge in [-0.25, -0.2) is 0 Å². The van der Waals surface area contributed by atoms with Gasteiger partial charge in [-0.05, 0) is 49.9 Å². The minimum atomic E-state index is -2.00. The molecule has 0 bridgehead atoms. The minimum absolute atomic E-state index is 0.0162. The highest BCUT2D eigenvalue weighted by Crippen LogP contribution is 2.45. The van der Waals surface area contributed by atoms with Crippen molar-refractivity contribution in [1.82, 2.24) is 0 Å². The van der Waals surface area contributed by atoms with Crippen molar-refractivity contribution in [3.05, 3.63) is 24.3 Å². The van der Waals surface area contributed by atoms with E-state index in [0.29, 0.717) is 12.8 Å². The van der Waals surface area contributed by atoms with E-state index in [1.807, 2.05) is 0 Å². The number of ether oxygens (including phenoxy) is 1. The molecule has 1 aliphatic heterocycles. The number of fused-ring (bicyclic) bond motifs is 1. The van der Waals surface area contributed by atoms with Gasteiger partial charge < -0.3 is 9.16 Å². The van der Waals surface area contributed by atoms with Gasteiger partial charge in [-0.15, -0.1) is 0 Å². The van der Waals surface area contributed by atoms with Crippen molar-refractivity contribution in [1.29, 1.82) is 0 Å². The molecule has 0 unspecified atom stereocenters. The van der Waals surface area contributed by atoms with E-state index < -0.39 is 8.32 Å². The van der Waals surface area contributed by atoms with Crippen LogP contribution in [0.15, 0.2) is 24.3 Å². The van der Waals surface area contributed by atoms with Gasteiger partial charge in [0.15, 0.2) is 14.1 Å². The Labute approximate surface area is 191 Å². The number of carbonyl (C=O) groups is 2. The van der Waals surface area contributed by atoms with E-state index in [9.17, 15) is 9.59 Å². The van der Waals surface area contributed by atoms with Gasteiger partial charge in [-0.2, -0.15) is 0 Å². The molecule has 1 saturated carbocycles. The normalized spacial score (nSPS) is 28.9. The molecular formula is C26H44O4Si. The van der Waals surface area contributed by atoms with Crippen LogP contribution in [-0.4, -0.2) is 32.3 Å². The number of carbonyl (C=O) groups excluding carboxylic acids is 2. The zero-order valence-corrected chi connectivity index (χ0v) is 21.6. The van der Waals surface area contributed by atoms with Crippen molar-refractivity contribution in [2.45, 2.75) is 116 Å². The van der Waals surface area contributed by atoms with E-state index >= 15 is 0 Å². The van der Waals surface area contributed by atoms with Crippen molar-refractivity contribution in [3.8, 4) is 0 Å². The lowest BCUT2D eigenvalue weighted by Crippen LogP contribution is -2.45. The molecule has 31 heavy (non-hydrogen) atoms. The Hall–Kier alpha value is -1.20. The first-order valence-electron chi connectivity index (χ1n) is 12.3. The van der Waals surface area contributed by atoms with Crippen LogP contribution >= 0.6 is 0 Å². The fraction of sp³-hybridized carbons (Fsp3) is 0.769. The topological polar surface area (TPSA) is 52.6 Å². The summed E-state index contributed by atoms with van der Waals surface area (Å²) < 4.78 is 12.8. The largest absolute Gasteiger partial charge is 0.462 e. The van der Waals surface area contributed by atoms with Crippen LogP contribution in [0.4, 0.5) is 0 Å². The Morgan fingerprint density at radius 1 is 1.26 bits per heavy atom. The molecule has 1 aliphatic carbocycles. The summed E-state index contributed by atoms with van der Waals surface area (Å²) in [5, 5.41) is 0.102. The number of unbranched alkanes of at least 4 members (excludes halogenated alkanes) is 2. The van der Waals surface area contributed by atoms with Crippen LogP contribution in [0.1, 0.15) is 85.5 Å². The summed E-state index contributed by atoms with van der Waals surface area (Å²) in [5.74, 6) is 0.339. The van der Waals surface area contributed by atoms with E-state index in [1.54, 1.807) is 6.08 Å². The fourth-order valence-electron chi connectivity index (χ4n) is 4.29. The summed E-state index contributed by atoms with van der Waals surface area (Å²) in [6.07, 6.45) is 15.7. The molecule has 176 valence electrons. The standard InChI is InChI=1S/C26H44O4Si/c1-7-8-11-14-20(27)17-18-22-21-15-12-9-10-13-16-25(28)29-23(21)19-24(22)30-31(5,6)26(2,3)4/h9,12,17-18,21-24H,7-8,10-11,13-16,19H2,1-6H3/b12-9-,18-17+/t21-,22-,23+,24-/m1/s1. The van der Waals surface area contributed by atoms with Crippen LogP contribution in [-0.2, 0) is 18.8 Å². The molecule has 0 aromatic rings. The Morgan fingerprint density at radius 3 is 2.68 bits per heavy atom. The zero-order chi connectivity index (χ0) is 23.1. The van der Waals surface area contributed by atoms with Gasteiger partial charge in [-0.3, -0.25) is 9.59 Å². The number of hydrogen-bond acceptors (Lipinski definition) is 4. The number of esters is 1. The number of ketones is 1. The lowest BCUT2D eigenvalue weighted by Gasteiger charge is -2.39. The Kier molecular flexibility index (Phi) is 9.75. The first-order chi connectivity index (χ1) is 14.5. The second-order valence-electron chi connectivity index (χ2n) is 10.8. The molecular weight excluding hydrogens is 404 g/mol. The van der Waals surface area contributed by atoms with Gasteiger partial charge in [0.25, 0.3) is 0 Å². The summed E-state index contributed by atoms with van der Waals surface area (Å²) >= 11 is 0. The van der Waals surface area contributed by atoms with E-state index in [2.05, 4.69) is 59.0 Å².